The van der Waals surface area contributed by atoms with Gasteiger partial charge in [0.1, 0.15) is 35.4 Å². The number of nitrogens with zero attached hydrogens (tertiary/aromatic N) is 1. The summed E-state index contributed by atoms with van der Waals surface area (Å²) in [5, 5.41) is 41.4. The number of aromatic nitrogens is 2. The summed E-state index contributed by atoms with van der Waals surface area (Å²) >= 11 is 5.55. The number of thiocarbonyl (C=S) groups is 1. The number of phenols is 1. The number of hydrogen-bond donors (Lipinski definition) is 7. The van der Waals surface area contributed by atoms with Gasteiger partial charge in [0.05, 0.1) is 18.8 Å². The molecular weight excluding hydrogens is 826 g/mol. The highest BCUT2D eigenvalue weighted by Crippen LogP contribution is 2.60. The van der Waals surface area contributed by atoms with Crippen molar-refractivity contribution in [2.45, 2.75) is 56.6 Å². The Morgan fingerprint density at radius 2 is 1.64 bits per heavy atom. The van der Waals surface area contributed by atoms with Crippen LogP contribution < -0.4 is 16.7 Å². The first-order valence-corrected chi connectivity index (χ1v) is 20.9. The van der Waals surface area contributed by atoms with Gasteiger partial charge in [-0.2, -0.15) is 4.31 Å². The molecule has 1 aromatic heterocycles. The molecule has 3 aliphatic rings. The number of aliphatic hydroxyl groups excluding tert-OH is 2. The van der Waals surface area contributed by atoms with E-state index in [2.05, 4.69) is 8.83 Å². The summed E-state index contributed by atoms with van der Waals surface area (Å²) in [6.07, 6.45) is -3.55. The summed E-state index contributed by atoms with van der Waals surface area (Å²) in [6.45, 7) is -1.28. The fraction of sp³-hybridized carbons (Fsp3) is 0.306. The zero-order valence-electron chi connectivity index (χ0n) is 30.0. The second kappa shape index (κ2) is 17.7. The summed E-state index contributed by atoms with van der Waals surface area (Å²) in [7, 11) is -10.4. The third kappa shape index (κ3) is 10.1. The van der Waals surface area contributed by atoms with Crippen molar-refractivity contribution in [1.82, 2.24) is 9.55 Å². The van der Waals surface area contributed by atoms with Gasteiger partial charge in [-0.1, -0.05) is 30.8 Å². The van der Waals surface area contributed by atoms with Crippen molar-refractivity contribution in [3.8, 4) is 28.2 Å². The number of phosphoric acid groups is 2. The van der Waals surface area contributed by atoms with E-state index in [1.54, 1.807) is 24.3 Å². The Bertz CT molecular complexity index is 2610. The second-order valence-corrected chi connectivity index (χ2v) is 16.9. The van der Waals surface area contributed by atoms with Crippen molar-refractivity contribution in [2.24, 2.45) is 0 Å². The van der Waals surface area contributed by atoms with Crippen molar-refractivity contribution in [3.05, 3.63) is 109 Å². The average molecular weight is 863 g/mol. The molecule has 0 radical (unpaired) electrons. The molecule has 1 aliphatic carbocycles. The van der Waals surface area contributed by atoms with Crippen molar-refractivity contribution >= 4 is 49.7 Å². The summed E-state index contributed by atoms with van der Waals surface area (Å²) in [5.74, 6) is -1.05. The smallest absolute Gasteiger partial charge is 0.481 e. The maximum atomic E-state index is 12.5. The van der Waals surface area contributed by atoms with Crippen molar-refractivity contribution in [3.63, 3.8) is 0 Å². The molecule has 1 fully saturated rings. The molecule has 3 heterocycles. The topological polar surface area (TPSA) is 295 Å². The number of unbranched alkanes of at least 4 members (excludes halogenated alkanes) is 2. The van der Waals surface area contributed by atoms with E-state index in [0.717, 1.165) is 16.8 Å². The van der Waals surface area contributed by atoms with E-state index in [-0.39, 0.29) is 47.5 Å². The van der Waals surface area contributed by atoms with Crippen LogP contribution >= 0.6 is 27.9 Å². The number of carboxylic acids is 1. The number of aromatic amines is 1. The molecular formula is C36H36N2O17P2S. The normalized spacial score (nSPS) is 20.2. The van der Waals surface area contributed by atoms with Crippen LogP contribution in [0.2, 0.25) is 0 Å². The molecule has 2 aromatic carbocycles. The second-order valence-electron chi connectivity index (χ2n) is 13.2. The minimum Gasteiger partial charge on any atom is -0.508 e. The minimum atomic E-state index is -5.29. The monoisotopic (exact) mass is 862 g/mol. The Morgan fingerprint density at radius 1 is 0.897 bits per heavy atom. The quantitative estimate of drug-likeness (QED) is 0.0302. The fourth-order valence-corrected chi connectivity index (χ4v) is 8.84. The highest BCUT2D eigenvalue weighted by Gasteiger charge is 2.46. The van der Waals surface area contributed by atoms with Crippen LogP contribution in [0.4, 0.5) is 0 Å². The number of carboxylic acid groups (broad SMARTS) is 1. The number of phosphoric ester groups is 2. The first kappa shape index (κ1) is 42.9. The van der Waals surface area contributed by atoms with E-state index in [1.165, 1.54) is 30.3 Å². The molecule has 6 atom stereocenters. The largest absolute Gasteiger partial charge is 0.508 e. The number of rotatable bonds is 17. The van der Waals surface area contributed by atoms with Gasteiger partial charge in [0, 0.05) is 47.3 Å². The molecule has 0 bridgehead atoms. The van der Waals surface area contributed by atoms with Crippen molar-refractivity contribution in [1.29, 1.82) is 0 Å². The number of nitrogens with one attached hydrogen (secondary N) is 1. The van der Waals surface area contributed by atoms with Gasteiger partial charge in [0.2, 0.25) is 0 Å². The highest BCUT2D eigenvalue weighted by atomic mass is 32.1. The van der Waals surface area contributed by atoms with E-state index in [4.69, 9.17) is 25.9 Å². The lowest BCUT2D eigenvalue weighted by Gasteiger charge is -2.19. The Morgan fingerprint density at radius 3 is 2.38 bits per heavy atom. The van der Waals surface area contributed by atoms with Crippen molar-refractivity contribution < 1.29 is 66.6 Å². The van der Waals surface area contributed by atoms with Crippen LogP contribution in [-0.4, -0.2) is 82.1 Å². The van der Waals surface area contributed by atoms with Gasteiger partial charge in [0.25, 0.3) is 5.56 Å². The molecule has 58 heavy (non-hydrogen) atoms. The Hall–Kier alpha value is -4.69. The molecule has 19 nitrogen and oxygen atoms in total. The molecule has 0 spiro atoms. The molecule has 6 rings (SSSR count). The van der Waals surface area contributed by atoms with Crippen LogP contribution in [0.3, 0.4) is 0 Å². The Labute approximate surface area is 332 Å². The zero-order valence-corrected chi connectivity index (χ0v) is 32.6. The predicted molar refractivity (Wildman–Crippen MR) is 208 cm³/mol. The molecule has 3 aromatic rings. The number of ether oxygens (including phenoxy) is 1. The van der Waals surface area contributed by atoms with Gasteiger partial charge in [-0.25, -0.2) is 18.7 Å². The number of hydrogen-bond acceptors (Lipinski definition) is 15. The maximum absolute atomic E-state index is 12.5. The number of aliphatic hydroxyl groups is 2. The third-order valence-electron chi connectivity index (χ3n) is 9.09. The number of aromatic hydroxyl groups is 1. The van der Waals surface area contributed by atoms with Crippen LogP contribution in [0.15, 0.2) is 85.7 Å². The first-order valence-electron chi connectivity index (χ1n) is 17.5. The van der Waals surface area contributed by atoms with Crippen LogP contribution in [-0.2, 0) is 33.6 Å². The molecule has 308 valence electrons. The number of phenolic OH excluding ortho intramolecular Hbond substituents is 1. The van der Waals surface area contributed by atoms with E-state index >= 15 is 0 Å². The predicted octanol–water partition coefficient (Wildman–Crippen LogP) is 3.86. The summed E-state index contributed by atoms with van der Waals surface area (Å²) in [5.41, 5.74) is 0.260. The summed E-state index contributed by atoms with van der Waals surface area (Å²) < 4.78 is 50.5. The van der Waals surface area contributed by atoms with Gasteiger partial charge in [-0.05, 0) is 65.6 Å². The number of H-pyrrole nitrogens is 1. The third-order valence-corrected chi connectivity index (χ3v) is 12.1. The Kier molecular flexibility index (Phi) is 13.1. The van der Waals surface area contributed by atoms with Crippen LogP contribution in [0.5, 0.6) is 5.75 Å². The molecule has 22 heteroatoms. The summed E-state index contributed by atoms with van der Waals surface area (Å²) in [6, 6.07) is 14.5. The van der Waals surface area contributed by atoms with E-state index in [1.807, 2.05) is 4.98 Å². The van der Waals surface area contributed by atoms with Crippen LogP contribution in [0.1, 0.15) is 47.8 Å². The number of carbonyl (C=O) groups is 1. The molecule has 0 amide bonds. The zero-order chi connectivity index (χ0) is 41.9. The molecule has 1 saturated heterocycles. The van der Waals surface area contributed by atoms with E-state index in [9.17, 15) is 58.5 Å². The highest BCUT2D eigenvalue weighted by molar-refractivity contribution is 7.80. The minimum absolute atomic E-state index is 0.0171. The standard InChI is InChI=1S/C36H36N2O17P2S/c39-20-6-9-24-27(16-20)53-28-17-21(40)7-10-25(28)31(24)23-8-5-19(15-26(23)35(44)45)14-22(58)4-2-1-3-13-51-56(47,48)55-57(49,50)52-18-29-32(42)33(43)34(54-29)38-12-11-30(41)37-36(38)46/h5-12,15-17,29,32-34,39,42-43H,1-4,13-14,18H2,(H,44,45)(H,47,48)(H,49,50)(H,37,41,46). The van der Waals surface area contributed by atoms with Gasteiger partial charge in [-0.3, -0.25) is 28.2 Å². The lowest BCUT2D eigenvalue weighted by molar-refractivity contribution is -0.0543. The lowest BCUT2D eigenvalue weighted by Crippen LogP contribution is -2.37. The van der Waals surface area contributed by atoms with Gasteiger partial charge in [-0.15, -0.1) is 0 Å². The SMILES string of the molecule is O=C(O)c1cc(CC(=S)CCCCCOP(=O)(O)OP(=O)(O)OCC2OC(n3ccc(=O)[nH]c3=O)C(O)C2O)ccc1-c1c2ccc(=O)cc-2oc2cc(O)ccc12. The summed E-state index contributed by atoms with van der Waals surface area (Å²) in [4.78, 5) is 70.5. The first-order chi connectivity index (χ1) is 27.4. The average Bonchev–Trinajstić information content (AvgIpc) is 3.42. The lowest BCUT2D eigenvalue weighted by atomic mass is 9.89. The number of fused-ring (bicyclic) bond motifs is 2. The molecule has 0 saturated carbocycles. The molecule has 7 N–H and O–H groups in total. The van der Waals surface area contributed by atoms with Gasteiger partial charge in [0.15, 0.2) is 11.7 Å². The fourth-order valence-electron chi connectivity index (χ4n) is 6.41. The number of aromatic carboxylic acids is 1. The van der Waals surface area contributed by atoms with Crippen LogP contribution in [0, 0.1) is 0 Å². The Balaban J connectivity index is 0.977. The molecule has 2 aliphatic heterocycles. The van der Waals surface area contributed by atoms with Gasteiger partial charge >= 0.3 is 27.3 Å². The van der Waals surface area contributed by atoms with Crippen LogP contribution in [0.25, 0.3) is 33.4 Å². The maximum Gasteiger partial charge on any atom is 0.481 e. The molecule has 6 unspecified atom stereocenters. The van der Waals surface area contributed by atoms with E-state index in [0.29, 0.717) is 51.8 Å². The number of benzene rings is 3. The van der Waals surface area contributed by atoms with Crippen molar-refractivity contribution in [2.75, 3.05) is 13.2 Å². The van der Waals surface area contributed by atoms with Gasteiger partial charge < -0.3 is 39.4 Å². The van der Waals surface area contributed by atoms with E-state index < -0.39 is 64.0 Å².